The van der Waals surface area contributed by atoms with Gasteiger partial charge in [0.25, 0.3) is 0 Å². The predicted molar refractivity (Wildman–Crippen MR) is 270 cm³/mol. The average molecular weight is 1120 g/mol. The molecule has 0 bridgehead atoms. The van der Waals surface area contributed by atoms with Crippen LogP contribution in [0.2, 0.25) is 0 Å². The minimum Gasteiger partial charge on any atom is -0.450 e. The first-order valence-corrected chi connectivity index (χ1v) is 23.3. The monoisotopic (exact) mass is 1110 g/mol. The Morgan fingerprint density at radius 1 is 0.692 bits per heavy atom. The number of hydrazine groups is 1. The number of aromatic amines is 1. The van der Waals surface area contributed by atoms with Crippen molar-refractivity contribution in [1.82, 2.24) is 24.3 Å². The quantitative estimate of drug-likeness (QED) is 0.0767. The molecule has 5 aromatic rings. The number of nitrogen functional groups attached to an aromatic ring is 1. The molecule has 3 amide bonds. The number of rotatable bonds is 4. The molecule has 0 radical (unpaired) electrons. The summed E-state index contributed by atoms with van der Waals surface area (Å²) >= 11 is 10.3. The number of anilines is 1. The van der Waals surface area contributed by atoms with Crippen LogP contribution in [0.1, 0.15) is 70.5 Å². The second-order valence-corrected chi connectivity index (χ2v) is 17.1. The molecule has 0 atom stereocenters. The van der Waals surface area contributed by atoms with Crippen molar-refractivity contribution in [3.63, 3.8) is 0 Å². The number of amides is 3. The van der Waals surface area contributed by atoms with E-state index in [0.717, 1.165) is 44.0 Å². The summed E-state index contributed by atoms with van der Waals surface area (Å²) in [5.74, 6) is 5.37. The van der Waals surface area contributed by atoms with E-state index >= 15 is 0 Å². The molecule has 3 aliphatic rings. The molecule has 358 valence electrons. The van der Waals surface area contributed by atoms with E-state index in [0.29, 0.717) is 65.4 Å². The van der Waals surface area contributed by atoms with Gasteiger partial charge in [0.05, 0.1) is 32.9 Å². The smallest absolute Gasteiger partial charge is 0.410 e. The number of ketones is 1. The van der Waals surface area contributed by atoms with E-state index < -0.39 is 0 Å². The highest BCUT2D eigenvalue weighted by atomic mass is 79.9. The first kappa shape index (κ1) is 56.8. The number of Topliss-reactive ketones (excluding diaryl/α,β-unsaturated/α-hetero) is 1. The Labute approximate surface area is 413 Å². The molecule has 19 heteroatoms. The first-order chi connectivity index (χ1) is 30.3. The number of aliphatic hydroxyl groups excluding tert-OH is 1. The van der Waals surface area contributed by atoms with Gasteiger partial charge in [0.2, 0.25) is 0 Å². The first-order valence-electron chi connectivity index (χ1n) is 20.9. The fourth-order valence-corrected chi connectivity index (χ4v) is 8.17. The number of aromatic nitrogens is 2. The van der Waals surface area contributed by atoms with Crippen molar-refractivity contribution in [2.45, 2.75) is 73.9 Å². The van der Waals surface area contributed by atoms with Crippen molar-refractivity contribution < 1.29 is 38.5 Å². The number of benzene rings is 3. The van der Waals surface area contributed by atoms with Gasteiger partial charge in [-0.05, 0) is 88.4 Å². The summed E-state index contributed by atoms with van der Waals surface area (Å²) in [6.45, 7) is 12.3. The Hall–Kier alpha value is -4.33. The van der Waals surface area contributed by atoms with Crippen LogP contribution in [-0.2, 0) is 52.0 Å². The van der Waals surface area contributed by atoms with Gasteiger partial charge in [-0.2, -0.15) is 0 Å². The Balaban J connectivity index is 0.000000300. The molecular formula is C46H63Br3ClN7O8. The van der Waals surface area contributed by atoms with Gasteiger partial charge in [-0.25, -0.2) is 14.4 Å². The summed E-state index contributed by atoms with van der Waals surface area (Å²) in [6.07, 6.45) is 1.92. The van der Waals surface area contributed by atoms with Crippen LogP contribution >= 0.6 is 60.2 Å². The Kier molecular flexibility index (Phi) is 25.0. The van der Waals surface area contributed by atoms with Gasteiger partial charge in [0.15, 0.2) is 0 Å². The Morgan fingerprint density at radius 3 is 1.69 bits per heavy atom. The number of aryl methyl sites for hydroxylation is 1. The highest BCUT2D eigenvalue weighted by Gasteiger charge is 2.27. The third-order valence-electron chi connectivity index (χ3n) is 10.2. The van der Waals surface area contributed by atoms with Crippen LogP contribution in [0.3, 0.4) is 0 Å². The molecule has 0 saturated carbocycles. The number of fused-ring (bicyclic) bond motifs is 6. The van der Waals surface area contributed by atoms with Crippen LogP contribution in [-0.4, -0.2) is 106 Å². The lowest BCUT2D eigenvalue weighted by molar-refractivity contribution is -0.121. The number of hydrogen-bond donors (Lipinski definition) is 4. The van der Waals surface area contributed by atoms with Crippen LogP contribution in [0.15, 0.2) is 74.1 Å². The second kappa shape index (κ2) is 28.7. The Morgan fingerprint density at radius 2 is 1.15 bits per heavy atom. The second-order valence-electron chi connectivity index (χ2n) is 14.4. The fourth-order valence-electron chi connectivity index (χ4n) is 7.18. The number of piperidine rings is 1. The molecule has 1 saturated heterocycles. The molecule has 15 nitrogen and oxygen atoms in total. The van der Waals surface area contributed by atoms with Crippen molar-refractivity contribution >= 4 is 112 Å². The van der Waals surface area contributed by atoms with Gasteiger partial charge in [-0.3, -0.25) is 10.6 Å². The molecule has 2 aromatic heterocycles. The number of carbonyl (C=O) groups is 4. The van der Waals surface area contributed by atoms with Crippen molar-refractivity contribution in [2.75, 3.05) is 58.0 Å². The van der Waals surface area contributed by atoms with Gasteiger partial charge in [-0.15, -0.1) is 12.4 Å². The maximum atomic E-state index is 11.9. The predicted octanol–water partition coefficient (Wildman–Crippen LogP) is 10.5. The number of carbonyl (C=O) groups excluding carboxylic acids is 4. The van der Waals surface area contributed by atoms with E-state index in [1.54, 1.807) is 28.5 Å². The highest BCUT2D eigenvalue weighted by Crippen LogP contribution is 2.33. The maximum Gasteiger partial charge on any atom is 0.410 e. The van der Waals surface area contributed by atoms with E-state index in [-0.39, 0.29) is 50.5 Å². The van der Waals surface area contributed by atoms with E-state index in [9.17, 15) is 19.2 Å². The largest absolute Gasteiger partial charge is 0.450 e. The van der Waals surface area contributed by atoms with Gasteiger partial charge in [-0.1, -0.05) is 55.2 Å². The highest BCUT2D eigenvalue weighted by molar-refractivity contribution is 9.11. The zero-order valence-corrected chi connectivity index (χ0v) is 42.5. The number of nitrogens with zero attached hydrogens (tertiary/aromatic N) is 4. The van der Waals surface area contributed by atoms with E-state index in [2.05, 4.69) is 100 Å². The van der Waals surface area contributed by atoms with E-state index in [1.165, 1.54) is 38.8 Å². The molecule has 5 N–H and O–H groups in total. The number of halogens is 4. The fraction of sp³-hybridized carbons (Fsp3) is 0.435. The van der Waals surface area contributed by atoms with Crippen LogP contribution in [0.5, 0.6) is 0 Å². The number of H-pyrrole nitrogens is 1. The third kappa shape index (κ3) is 16.2. The van der Waals surface area contributed by atoms with Gasteiger partial charge < -0.3 is 49.0 Å². The number of aliphatic hydroxyl groups is 1. The summed E-state index contributed by atoms with van der Waals surface area (Å²) in [5.41, 5.74) is 10.8. The molecular weight excluding hydrogens is 1050 g/mol. The molecule has 1 fully saturated rings. The Bertz CT molecular complexity index is 2300. The number of likely N-dealkylation sites (tertiary alicyclic amines) is 1. The minimum atomic E-state index is -0.301. The number of hydrogen-bond acceptors (Lipinski definition) is 10. The van der Waals surface area contributed by atoms with Crippen molar-refractivity contribution in [3.8, 4) is 0 Å². The molecule has 8 rings (SSSR count). The number of ether oxygens (including phenoxy) is 3. The lowest BCUT2D eigenvalue weighted by Crippen LogP contribution is -2.38. The normalized spacial score (nSPS) is 13.5. The van der Waals surface area contributed by atoms with Crippen LogP contribution in [0.25, 0.3) is 21.8 Å². The van der Waals surface area contributed by atoms with E-state index in [1.807, 2.05) is 44.2 Å². The van der Waals surface area contributed by atoms with Gasteiger partial charge >= 0.3 is 18.3 Å². The van der Waals surface area contributed by atoms with Crippen LogP contribution in [0.4, 0.5) is 20.1 Å². The lowest BCUT2D eigenvalue weighted by Gasteiger charge is -2.27. The minimum absolute atomic E-state index is 0. The van der Waals surface area contributed by atoms with Gasteiger partial charge in [0, 0.05) is 129 Å². The zero-order chi connectivity index (χ0) is 46.1. The molecule has 0 spiro atoms. The number of nitrogens with two attached hydrogens (primary N) is 1. The van der Waals surface area contributed by atoms with Crippen LogP contribution < -0.4 is 11.3 Å². The van der Waals surface area contributed by atoms with Crippen LogP contribution in [0, 0.1) is 0 Å². The standard InChI is InChI=1S/C15H17BrN2O2.C14H15BrN2O2.C8H13NO3.C6H7BrN2.C2H6O.CH4.ClH/c1-3-20-15(19)18-7-6-14-12(9-18)11-8-10(16)4-5-13(11)17(14)2;1-2-19-14(18)17-6-5-13-11(8-17)10-7-9(15)3-4-12(10)16-13;1-2-12-8(11)9-5-3-7(10)4-6-9;7-5-1-3-6(9-8)4-2-5;1-2-3;;/h4-5,8H,3,6-7,9H2,1-2H3;3-4,7,16H,2,5-6,8H2,1H3;2-6H2,1H3;1-4,9H,8H2;3H,2H2,1H3;1H4;1H. The summed E-state index contributed by atoms with van der Waals surface area (Å²) in [4.78, 5) is 54.2. The number of nitrogens with one attached hydrogen (secondary N) is 2. The zero-order valence-electron chi connectivity index (χ0n) is 36.9. The SMILES string of the molecule is C.CCO.CCOC(=O)N1CCC(=O)CC1.CCOC(=O)N1CCc2[nH]c3ccc(Br)cc3c2C1.CCOC(=O)N1CCc2c(c3cc(Br)ccc3n2C)C1.Cl.NNc1ccc(Br)cc1. The van der Waals surface area contributed by atoms with Gasteiger partial charge in [0.1, 0.15) is 5.78 Å². The molecule has 3 aromatic carbocycles. The van der Waals surface area contributed by atoms with Crippen molar-refractivity contribution in [2.24, 2.45) is 12.9 Å². The summed E-state index contributed by atoms with van der Waals surface area (Å²) in [6, 6.07) is 20.1. The molecule has 0 aliphatic carbocycles. The molecule has 3 aliphatic heterocycles. The maximum absolute atomic E-state index is 11.9. The average Bonchev–Trinajstić information content (AvgIpc) is 3.78. The summed E-state index contributed by atoms with van der Waals surface area (Å²) in [7, 11) is 2.09. The van der Waals surface area contributed by atoms with Crippen molar-refractivity contribution in [1.29, 1.82) is 0 Å². The van der Waals surface area contributed by atoms with E-state index in [4.69, 9.17) is 25.2 Å². The molecule has 65 heavy (non-hydrogen) atoms. The summed E-state index contributed by atoms with van der Waals surface area (Å²) < 4.78 is 20.4. The topological polar surface area (TPSA) is 185 Å². The van der Waals surface area contributed by atoms with Crippen molar-refractivity contribution in [3.05, 3.63) is 96.6 Å². The third-order valence-corrected chi connectivity index (χ3v) is 11.7. The molecule has 5 heterocycles. The summed E-state index contributed by atoms with van der Waals surface area (Å²) in [5, 5.41) is 9.96. The lowest BCUT2D eigenvalue weighted by atomic mass is 10.1. The molecule has 0 unspecified atom stereocenters.